The lowest BCUT2D eigenvalue weighted by Gasteiger charge is -2.38. The van der Waals surface area contributed by atoms with Crippen LogP contribution in [0.1, 0.15) is 148 Å². The third-order valence-electron chi connectivity index (χ3n) is 7.50. The largest absolute Gasteiger partial charge is 0.234 e. The first-order valence-corrected chi connectivity index (χ1v) is 13.9. The Bertz CT molecular complexity index is 476. The Morgan fingerprint density at radius 2 is 0.812 bits per heavy atom. The summed E-state index contributed by atoms with van der Waals surface area (Å²) in [6.07, 6.45) is 34.5. The quantitative estimate of drug-likeness (QED) is 0.0949. The molecule has 4 nitrogen and oxygen atoms in total. The minimum Gasteiger partial charge on any atom is -0.211 e. The van der Waals surface area contributed by atoms with Gasteiger partial charge in [0.25, 0.3) is 0 Å². The monoisotopic (exact) mass is 446 g/mol. The highest BCUT2D eigenvalue weighted by Crippen LogP contribution is 2.44. The summed E-state index contributed by atoms with van der Waals surface area (Å²) in [4.78, 5) is 27.3. The maximum absolute atomic E-state index is 10.0. The summed E-state index contributed by atoms with van der Waals surface area (Å²) in [7, 11) is 0. The van der Waals surface area contributed by atoms with Crippen molar-refractivity contribution in [2.75, 3.05) is 13.1 Å². The molecule has 0 saturated heterocycles. The summed E-state index contributed by atoms with van der Waals surface area (Å²) in [5.74, 6) is 0. The molecule has 4 heteroatoms. The molecular formula is C28H50N2O2. The van der Waals surface area contributed by atoms with Crippen molar-refractivity contribution < 1.29 is 9.59 Å². The molecule has 0 atom stereocenters. The molecule has 0 unspecified atom stereocenters. The van der Waals surface area contributed by atoms with Gasteiger partial charge in [0.15, 0.2) is 0 Å². The highest BCUT2D eigenvalue weighted by Gasteiger charge is 2.30. The van der Waals surface area contributed by atoms with E-state index in [0.29, 0.717) is 18.5 Å². The average molecular weight is 447 g/mol. The van der Waals surface area contributed by atoms with Gasteiger partial charge in [-0.25, -0.2) is 19.6 Å². The number of aliphatic imine (C=N–C) groups is 2. The molecule has 1 saturated carbocycles. The van der Waals surface area contributed by atoms with E-state index in [-0.39, 0.29) is 0 Å². The lowest BCUT2D eigenvalue weighted by molar-refractivity contribution is 0.146. The smallest absolute Gasteiger partial charge is 0.211 e. The molecule has 0 amide bonds. The summed E-state index contributed by atoms with van der Waals surface area (Å²) < 4.78 is 0. The summed E-state index contributed by atoms with van der Waals surface area (Å²) in [6, 6.07) is 0. The molecule has 0 aromatic carbocycles. The van der Waals surface area contributed by atoms with E-state index in [0.717, 1.165) is 12.8 Å². The van der Waals surface area contributed by atoms with Crippen LogP contribution < -0.4 is 0 Å². The van der Waals surface area contributed by atoms with Crippen LogP contribution in [0, 0.1) is 5.41 Å². The Morgan fingerprint density at radius 1 is 0.469 bits per heavy atom. The van der Waals surface area contributed by atoms with E-state index in [1.54, 1.807) is 12.2 Å². The van der Waals surface area contributed by atoms with E-state index < -0.39 is 0 Å². The maximum atomic E-state index is 10.0. The van der Waals surface area contributed by atoms with Crippen LogP contribution in [-0.4, -0.2) is 25.2 Å². The molecule has 0 aromatic rings. The second-order valence-electron chi connectivity index (χ2n) is 10.2. The minimum absolute atomic E-state index is 0.658. The molecule has 0 bridgehead atoms. The van der Waals surface area contributed by atoms with Crippen LogP contribution in [0.2, 0.25) is 0 Å². The van der Waals surface area contributed by atoms with Crippen molar-refractivity contribution in [3.8, 4) is 0 Å². The fourth-order valence-corrected chi connectivity index (χ4v) is 5.52. The van der Waals surface area contributed by atoms with Crippen molar-refractivity contribution >= 4 is 12.2 Å². The zero-order valence-corrected chi connectivity index (χ0v) is 20.9. The fourth-order valence-electron chi connectivity index (χ4n) is 5.52. The first-order valence-electron chi connectivity index (χ1n) is 13.9. The normalized spacial score (nSPS) is 15.1. The van der Waals surface area contributed by atoms with E-state index in [1.165, 1.54) is 135 Å². The lowest BCUT2D eigenvalue weighted by Crippen LogP contribution is -2.24. The van der Waals surface area contributed by atoms with Crippen molar-refractivity contribution in [2.24, 2.45) is 15.4 Å². The van der Waals surface area contributed by atoms with Gasteiger partial charge in [0.1, 0.15) is 0 Å². The Labute approximate surface area is 198 Å². The molecule has 1 aliphatic carbocycles. The molecule has 1 fully saturated rings. The van der Waals surface area contributed by atoms with Crippen molar-refractivity contribution in [3.63, 3.8) is 0 Å². The number of unbranched alkanes of at least 4 members (excludes halogenated alkanes) is 14. The standard InChI is InChI=1S/C28H50N2O2/c31-26-29-24-18-11-7-3-1-5-9-14-20-28(22-16-13-17-23-28)21-15-10-6-2-4-8-12-19-25-30-27-32/h1-25H2. The van der Waals surface area contributed by atoms with Crippen molar-refractivity contribution in [2.45, 2.75) is 148 Å². The molecule has 0 N–H and O–H groups in total. The molecule has 0 aliphatic heterocycles. The van der Waals surface area contributed by atoms with E-state index >= 15 is 0 Å². The topological polar surface area (TPSA) is 58.9 Å². The van der Waals surface area contributed by atoms with Crippen LogP contribution in [0.15, 0.2) is 9.98 Å². The zero-order valence-electron chi connectivity index (χ0n) is 20.9. The predicted octanol–water partition coefficient (Wildman–Crippen LogP) is 8.63. The number of nitrogens with zero attached hydrogens (tertiary/aromatic N) is 2. The van der Waals surface area contributed by atoms with Gasteiger partial charge in [0.2, 0.25) is 12.2 Å². The van der Waals surface area contributed by atoms with Gasteiger partial charge in [-0.2, -0.15) is 0 Å². The van der Waals surface area contributed by atoms with Crippen LogP contribution >= 0.6 is 0 Å². The highest BCUT2D eigenvalue weighted by molar-refractivity contribution is 5.32. The molecule has 0 heterocycles. The van der Waals surface area contributed by atoms with Crippen molar-refractivity contribution in [3.05, 3.63) is 0 Å². The van der Waals surface area contributed by atoms with Gasteiger partial charge >= 0.3 is 0 Å². The van der Waals surface area contributed by atoms with Crippen molar-refractivity contribution in [1.82, 2.24) is 0 Å². The van der Waals surface area contributed by atoms with Gasteiger partial charge in [0.05, 0.1) is 13.1 Å². The number of rotatable bonds is 22. The van der Waals surface area contributed by atoms with Crippen molar-refractivity contribution in [1.29, 1.82) is 0 Å². The lowest BCUT2D eigenvalue weighted by atomic mass is 9.68. The van der Waals surface area contributed by atoms with Gasteiger partial charge in [-0.05, 0) is 43.9 Å². The maximum Gasteiger partial charge on any atom is 0.234 e. The molecule has 184 valence electrons. The Balaban J connectivity index is 2.03. The summed E-state index contributed by atoms with van der Waals surface area (Å²) in [5, 5.41) is 0. The van der Waals surface area contributed by atoms with E-state index in [2.05, 4.69) is 9.98 Å². The third kappa shape index (κ3) is 16.4. The summed E-state index contributed by atoms with van der Waals surface area (Å²) in [5.41, 5.74) is 0.677. The minimum atomic E-state index is 0.658. The van der Waals surface area contributed by atoms with Crippen LogP contribution in [0.4, 0.5) is 0 Å². The number of hydrogen-bond donors (Lipinski definition) is 0. The van der Waals surface area contributed by atoms with E-state index in [9.17, 15) is 9.59 Å². The summed E-state index contributed by atoms with van der Waals surface area (Å²) >= 11 is 0. The van der Waals surface area contributed by atoms with Crippen LogP contribution in [0.25, 0.3) is 0 Å². The van der Waals surface area contributed by atoms with E-state index in [1.807, 2.05) is 0 Å². The average Bonchev–Trinajstić information content (AvgIpc) is 2.82. The Kier molecular flexibility index (Phi) is 19.4. The molecule has 1 aliphatic rings. The fraction of sp³-hybridized carbons (Fsp3) is 0.929. The van der Waals surface area contributed by atoms with Gasteiger partial charge in [-0.1, -0.05) is 109 Å². The number of hydrogen-bond acceptors (Lipinski definition) is 4. The molecule has 32 heavy (non-hydrogen) atoms. The van der Waals surface area contributed by atoms with Gasteiger partial charge in [0, 0.05) is 0 Å². The van der Waals surface area contributed by atoms with Crippen LogP contribution in [0.5, 0.6) is 0 Å². The second-order valence-corrected chi connectivity index (χ2v) is 10.2. The zero-order chi connectivity index (χ0) is 23.0. The summed E-state index contributed by atoms with van der Waals surface area (Å²) in [6.45, 7) is 1.32. The molecule has 0 radical (unpaired) electrons. The van der Waals surface area contributed by atoms with E-state index in [4.69, 9.17) is 0 Å². The third-order valence-corrected chi connectivity index (χ3v) is 7.50. The van der Waals surface area contributed by atoms with Crippen LogP contribution in [0.3, 0.4) is 0 Å². The first kappa shape index (κ1) is 28.8. The predicted molar refractivity (Wildman–Crippen MR) is 135 cm³/mol. The van der Waals surface area contributed by atoms with Gasteiger partial charge in [-0.15, -0.1) is 0 Å². The van der Waals surface area contributed by atoms with Gasteiger partial charge in [-0.3, -0.25) is 0 Å². The Hall–Kier alpha value is -1.24. The van der Waals surface area contributed by atoms with Gasteiger partial charge < -0.3 is 0 Å². The molecule has 0 spiro atoms. The molecular weight excluding hydrogens is 396 g/mol. The number of carbonyl (C=O) groups excluding carboxylic acids is 2. The Morgan fingerprint density at radius 3 is 1.19 bits per heavy atom. The highest BCUT2D eigenvalue weighted by atomic mass is 16.1. The first-order chi connectivity index (χ1) is 15.8. The second kappa shape index (κ2) is 21.6. The van der Waals surface area contributed by atoms with Crippen LogP contribution in [-0.2, 0) is 9.59 Å². The molecule has 1 rings (SSSR count). The molecule has 0 aromatic heterocycles. The SMILES string of the molecule is O=C=NCCCCCCCCCCC1(CCCCCCCCCCN=C=O)CCCCC1. The number of isocyanates is 2.